The molecule has 2 rings (SSSR count). The number of likely N-dealkylation sites (N-methyl/N-ethyl adjacent to an activating group) is 1. The van der Waals surface area contributed by atoms with Gasteiger partial charge in [0.15, 0.2) is 0 Å². The highest BCUT2D eigenvalue weighted by Gasteiger charge is 2.17. The first-order valence-corrected chi connectivity index (χ1v) is 7.35. The van der Waals surface area contributed by atoms with Gasteiger partial charge in [-0.1, -0.05) is 13.8 Å². The van der Waals surface area contributed by atoms with Crippen molar-refractivity contribution in [2.45, 2.75) is 33.2 Å². The quantitative estimate of drug-likeness (QED) is 0.901. The molecule has 0 amide bonds. The molecule has 0 aliphatic carbocycles. The monoisotopic (exact) mass is 262 g/mol. The summed E-state index contributed by atoms with van der Waals surface area (Å²) < 4.78 is 0. The summed E-state index contributed by atoms with van der Waals surface area (Å²) in [7, 11) is 0. The van der Waals surface area contributed by atoms with E-state index in [0.717, 1.165) is 45.0 Å². The fourth-order valence-corrected chi connectivity index (χ4v) is 2.63. The van der Waals surface area contributed by atoms with E-state index in [2.05, 4.69) is 41.6 Å². The number of hydrogen-bond donors (Lipinski definition) is 1. The van der Waals surface area contributed by atoms with Crippen molar-refractivity contribution in [3.05, 3.63) is 23.4 Å². The number of aryl methyl sites for hydroxylation is 1. The van der Waals surface area contributed by atoms with Crippen LogP contribution in [-0.4, -0.2) is 42.6 Å². The number of aromatic nitrogens is 1. The van der Waals surface area contributed by atoms with Crippen LogP contribution in [0.1, 0.15) is 37.4 Å². The lowest BCUT2D eigenvalue weighted by Crippen LogP contribution is -2.46. The molecule has 0 radical (unpaired) electrons. The van der Waals surface area contributed by atoms with Gasteiger partial charge < -0.3 is 15.5 Å². The van der Waals surface area contributed by atoms with Crippen LogP contribution in [0, 0.1) is 6.92 Å². The summed E-state index contributed by atoms with van der Waals surface area (Å²) in [6, 6.07) is 2.30. The minimum absolute atomic E-state index is 0.110. The van der Waals surface area contributed by atoms with E-state index in [1.165, 1.54) is 11.1 Å². The molecule has 2 heterocycles. The van der Waals surface area contributed by atoms with Crippen LogP contribution in [0.3, 0.4) is 0 Å². The molecule has 1 aliphatic heterocycles. The van der Waals surface area contributed by atoms with Crippen molar-refractivity contribution in [2.75, 3.05) is 37.6 Å². The molecule has 0 bridgehead atoms. The van der Waals surface area contributed by atoms with Gasteiger partial charge >= 0.3 is 0 Å². The largest absolute Gasteiger partial charge is 0.354 e. The van der Waals surface area contributed by atoms with Gasteiger partial charge in [0, 0.05) is 38.4 Å². The van der Waals surface area contributed by atoms with Crippen LogP contribution in [0.15, 0.2) is 12.3 Å². The average molecular weight is 262 g/mol. The number of piperazine rings is 1. The minimum atomic E-state index is 0.110. The van der Waals surface area contributed by atoms with E-state index in [-0.39, 0.29) is 6.04 Å². The topological polar surface area (TPSA) is 45.4 Å². The number of nitrogens with two attached hydrogens (primary N) is 1. The molecule has 0 unspecified atom stereocenters. The Morgan fingerprint density at radius 2 is 1.95 bits per heavy atom. The van der Waals surface area contributed by atoms with E-state index < -0.39 is 0 Å². The van der Waals surface area contributed by atoms with Crippen LogP contribution >= 0.6 is 0 Å². The zero-order chi connectivity index (χ0) is 13.8. The maximum absolute atomic E-state index is 6.10. The van der Waals surface area contributed by atoms with Crippen LogP contribution < -0.4 is 10.6 Å². The number of rotatable bonds is 4. The van der Waals surface area contributed by atoms with Gasteiger partial charge in [-0.2, -0.15) is 0 Å². The Morgan fingerprint density at radius 1 is 1.26 bits per heavy atom. The summed E-state index contributed by atoms with van der Waals surface area (Å²) in [5, 5.41) is 0. The Kier molecular flexibility index (Phi) is 4.77. The summed E-state index contributed by atoms with van der Waals surface area (Å²) in [6.07, 6.45) is 2.92. The second-order valence-corrected chi connectivity index (χ2v) is 5.34. The third-order valence-electron chi connectivity index (χ3n) is 4.12. The number of hydrogen-bond acceptors (Lipinski definition) is 4. The lowest BCUT2D eigenvalue weighted by molar-refractivity contribution is 0.270. The second-order valence-electron chi connectivity index (χ2n) is 5.34. The summed E-state index contributed by atoms with van der Waals surface area (Å²) in [6.45, 7) is 12.0. The standard InChI is InChI=1S/C15H26N4/c1-4-14(16)13-11-17-15(10-12(13)3)19-8-6-18(5-2)7-9-19/h10-11,14H,4-9,16H2,1-3H3/t14-/m0/s1. The second kappa shape index (κ2) is 6.35. The molecule has 1 atom stereocenters. The van der Waals surface area contributed by atoms with Crippen molar-refractivity contribution in [1.82, 2.24) is 9.88 Å². The Morgan fingerprint density at radius 3 is 2.47 bits per heavy atom. The van der Waals surface area contributed by atoms with Crippen LogP contribution in [0.5, 0.6) is 0 Å². The van der Waals surface area contributed by atoms with Crippen molar-refractivity contribution in [3.8, 4) is 0 Å². The predicted octanol–water partition coefficient (Wildman–Crippen LogP) is 1.94. The molecule has 1 aliphatic rings. The molecule has 0 saturated carbocycles. The lowest BCUT2D eigenvalue weighted by atomic mass is 10.0. The first-order valence-electron chi connectivity index (χ1n) is 7.35. The summed E-state index contributed by atoms with van der Waals surface area (Å²) in [5.74, 6) is 1.10. The molecular formula is C15H26N4. The van der Waals surface area contributed by atoms with Crippen molar-refractivity contribution in [3.63, 3.8) is 0 Å². The molecule has 1 saturated heterocycles. The van der Waals surface area contributed by atoms with Gasteiger partial charge in [0.25, 0.3) is 0 Å². The number of nitrogens with zero attached hydrogens (tertiary/aromatic N) is 3. The van der Waals surface area contributed by atoms with E-state index in [1.54, 1.807) is 0 Å². The van der Waals surface area contributed by atoms with Gasteiger partial charge in [-0.3, -0.25) is 0 Å². The molecule has 0 spiro atoms. The third-order valence-corrected chi connectivity index (χ3v) is 4.12. The van der Waals surface area contributed by atoms with Gasteiger partial charge in [-0.05, 0) is 37.1 Å². The van der Waals surface area contributed by atoms with E-state index in [1.807, 2.05) is 6.20 Å². The highest BCUT2D eigenvalue weighted by molar-refractivity contribution is 5.44. The molecule has 2 N–H and O–H groups in total. The molecule has 1 fully saturated rings. The van der Waals surface area contributed by atoms with Crippen molar-refractivity contribution >= 4 is 5.82 Å². The van der Waals surface area contributed by atoms with E-state index in [9.17, 15) is 0 Å². The fraction of sp³-hybridized carbons (Fsp3) is 0.667. The Bertz CT molecular complexity index is 411. The average Bonchev–Trinajstić information content (AvgIpc) is 2.46. The predicted molar refractivity (Wildman–Crippen MR) is 80.5 cm³/mol. The molecule has 1 aromatic rings. The maximum Gasteiger partial charge on any atom is 0.128 e. The van der Waals surface area contributed by atoms with Crippen LogP contribution in [0.25, 0.3) is 0 Å². The van der Waals surface area contributed by atoms with E-state index >= 15 is 0 Å². The van der Waals surface area contributed by atoms with Crippen LogP contribution in [0.4, 0.5) is 5.82 Å². The zero-order valence-electron chi connectivity index (χ0n) is 12.4. The molecule has 0 aromatic carbocycles. The smallest absolute Gasteiger partial charge is 0.128 e. The van der Waals surface area contributed by atoms with Gasteiger partial charge in [0.05, 0.1) is 0 Å². The molecular weight excluding hydrogens is 236 g/mol. The van der Waals surface area contributed by atoms with Crippen molar-refractivity contribution in [1.29, 1.82) is 0 Å². The number of pyridine rings is 1. The summed E-state index contributed by atoms with van der Waals surface area (Å²) >= 11 is 0. The van der Waals surface area contributed by atoms with Gasteiger partial charge in [0.1, 0.15) is 5.82 Å². The minimum Gasteiger partial charge on any atom is -0.354 e. The zero-order valence-corrected chi connectivity index (χ0v) is 12.4. The molecule has 4 nitrogen and oxygen atoms in total. The summed E-state index contributed by atoms with van der Waals surface area (Å²) in [5.41, 5.74) is 8.54. The Labute approximate surface area is 116 Å². The Balaban J connectivity index is 2.08. The maximum atomic E-state index is 6.10. The van der Waals surface area contributed by atoms with E-state index in [0.29, 0.717) is 0 Å². The first kappa shape index (κ1) is 14.3. The lowest BCUT2D eigenvalue weighted by Gasteiger charge is -2.35. The van der Waals surface area contributed by atoms with Crippen molar-refractivity contribution in [2.24, 2.45) is 5.73 Å². The van der Waals surface area contributed by atoms with E-state index in [4.69, 9.17) is 5.73 Å². The summed E-state index contributed by atoms with van der Waals surface area (Å²) in [4.78, 5) is 9.46. The van der Waals surface area contributed by atoms with Gasteiger partial charge in [-0.25, -0.2) is 4.98 Å². The number of anilines is 1. The highest BCUT2D eigenvalue weighted by Crippen LogP contribution is 2.22. The van der Waals surface area contributed by atoms with Gasteiger partial charge in [-0.15, -0.1) is 0 Å². The van der Waals surface area contributed by atoms with Crippen molar-refractivity contribution < 1.29 is 0 Å². The van der Waals surface area contributed by atoms with Crippen LogP contribution in [0.2, 0.25) is 0 Å². The SMILES string of the molecule is CC[C@H](N)c1cnc(N2CCN(CC)CC2)cc1C. The molecule has 19 heavy (non-hydrogen) atoms. The third kappa shape index (κ3) is 3.25. The highest BCUT2D eigenvalue weighted by atomic mass is 15.3. The molecule has 1 aromatic heterocycles. The van der Waals surface area contributed by atoms with Crippen LogP contribution in [-0.2, 0) is 0 Å². The fourth-order valence-electron chi connectivity index (χ4n) is 2.63. The molecule has 106 valence electrons. The normalized spacial score (nSPS) is 18.6. The Hall–Kier alpha value is -1.13. The first-order chi connectivity index (χ1) is 9.15. The molecule has 4 heteroatoms. The van der Waals surface area contributed by atoms with Gasteiger partial charge in [0.2, 0.25) is 0 Å².